The zero-order chi connectivity index (χ0) is 28.6. The highest BCUT2D eigenvalue weighted by Crippen LogP contribution is 2.47. The summed E-state index contributed by atoms with van der Waals surface area (Å²) in [6, 6.07) is 12.3. The number of rotatable bonds is 7. The number of carbonyl (C=O) groups excluding carboxylic acids is 1. The minimum absolute atomic E-state index is 0.308. The fourth-order valence-corrected chi connectivity index (χ4v) is 6.45. The van der Waals surface area contributed by atoms with Crippen LogP contribution in [0.3, 0.4) is 0 Å². The Hall–Kier alpha value is -2.13. The van der Waals surface area contributed by atoms with Crippen molar-refractivity contribution >= 4 is 44.9 Å². The summed E-state index contributed by atoms with van der Waals surface area (Å²) in [6.07, 6.45) is -2.70. The van der Waals surface area contributed by atoms with Gasteiger partial charge in [0.1, 0.15) is 12.2 Å². The molecule has 0 saturated carbocycles. The molecule has 7 nitrogen and oxygen atoms in total. The quantitative estimate of drug-likeness (QED) is 0.422. The molecule has 1 heterocycles. The van der Waals surface area contributed by atoms with E-state index in [0.717, 1.165) is 0 Å². The van der Waals surface area contributed by atoms with Crippen molar-refractivity contribution in [2.24, 2.45) is 5.41 Å². The summed E-state index contributed by atoms with van der Waals surface area (Å²) in [5.74, 6) is -2.08. The summed E-state index contributed by atoms with van der Waals surface area (Å²) in [4.78, 5) is 27.4. The molecule has 1 amide bonds. The summed E-state index contributed by atoms with van der Waals surface area (Å²) in [7, 11) is -3.69. The first-order valence-electron chi connectivity index (χ1n) is 12.3. The van der Waals surface area contributed by atoms with Crippen LogP contribution in [-0.2, 0) is 24.2 Å². The molecule has 0 aromatic heterocycles. The normalized spacial score (nSPS) is 21.8. The number of halogens is 2. The lowest BCUT2D eigenvalue weighted by Crippen LogP contribution is -2.60. The predicted octanol–water partition coefficient (Wildman–Crippen LogP) is 6.11. The number of ether oxygens (including phenoxy) is 1. The Balaban J connectivity index is 2.30. The lowest BCUT2D eigenvalue weighted by atomic mass is 9.82. The SMILES string of the molecule is CC(C)(C)C(CS(=O)(=O)C(C)(C)C)N1C(=O)[C@@H](CC(=O)O)O[C@H](c2cccc(Cl)c2)[C@H]1c1ccc(Cl)cc1. The van der Waals surface area contributed by atoms with E-state index in [1.54, 1.807) is 69.3 Å². The Kier molecular flexibility index (Phi) is 8.93. The molecule has 0 aliphatic carbocycles. The lowest BCUT2D eigenvalue weighted by Gasteiger charge is -2.51. The van der Waals surface area contributed by atoms with Crippen LogP contribution >= 0.6 is 23.2 Å². The molecule has 4 atom stereocenters. The van der Waals surface area contributed by atoms with E-state index in [9.17, 15) is 23.1 Å². The van der Waals surface area contributed by atoms with Crippen molar-refractivity contribution in [2.45, 2.75) is 77.0 Å². The first-order valence-corrected chi connectivity index (χ1v) is 14.8. The van der Waals surface area contributed by atoms with Gasteiger partial charge in [-0.2, -0.15) is 0 Å². The second kappa shape index (κ2) is 11.2. The maximum absolute atomic E-state index is 14.1. The van der Waals surface area contributed by atoms with Gasteiger partial charge >= 0.3 is 5.97 Å². The van der Waals surface area contributed by atoms with Gasteiger partial charge in [0.15, 0.2) is 9.84 Å². The van der Waals surface area contributed by atoms with E-state index >= 15 is 0 Å². The van der Waals surface area contributed by atoms with E-state index in [0.29, 0.717) is 21.2 Å². The third kappa shape index (κ3) is 6.71. The van der Waals surface area contributed by atoms with Crippen LogP contribution in [0.4, 0.5) is 0 Å². The second-order valence-corrected chi connectivity index (χ2v) is 15.4. The largest absolute Gasteiger partial charge is 0.481 e. The minimum atomic E-state index is -3.69. The predicted molar refractivity (Wildman–Crippen MR) is 149 cm³/mol. The van der Waals surface area contributed by atoms with Gasteiger partial charge in [-0.1, -0.05) is 68.2 Å². The van der Waals surface area contributed by atoms with E-state index in [2.05, 4.69) is 0 Å². The highest BCUT2D eigenvalue weighted by molar-refractivity contribution is 7.92. The molecule has 1 aliphatic rings. The number of hydrogen-bond donors (Lipinski definition) is 1. The Morgan fingerprint density at radius 1 is 1.00 bits per heavy atom. The number of carboxylic acid groups (broad SMARTS) is 1. The number of nitrogens with zero attached hydrogens (tertiary/aromatic N) is 1. The molecule has 0 bridgehead atoms. The van der Waals surface area contributed by atoms with Gasteiger partial charge in [-0.3, -0.25) is 9.59 Å². The third-order valence-electron chi connectivity index (χ3n) is 6.82. The molecule has 0 radical (unpaired) electrons. The van der Waals surface area contributed by atoms with Gasteiger partial charge in [0.25, 0.3) is 5.91 Å². The number of hydrogen-bond acceptors (Lipinski definition) is 5. The summed E-state index contributed by atoms with van der Waals surface area (Å²) in [5.41, 5.74) is 0.614. The molecule has 1 unspecified atom stereocenters. The fraction of sp³-hybridized carbons (Fsp3) is 0.500. The molecule has 0 spiro atoms. The molecule has 1 fully saturated rings. The van der Waals surface area contributed by atoms with Crippen molar-refractivity contribution in [1.82, 2.24) is 4.90 Å². The average molecular weight is 585 g/mol. The smallest absolute Gasteiger partial charge is 0.306 e. The van der Waals surface area contributed by atoms with Crippen molar-refractivity contribution < 1.29 is 27.9 Å². The first-order chi connectivity index (χ1) is 17.4. The Bertz CT molecular complexity index is 1280. The number of benzene rings is 2. The molecule has 3 rings (SSSR count). The maximum atomic E-state index is 14.1. The second-order valence-electron chi connectivity index (χ2n) is 11.7. The van der Waals surface area contributed by atoms with E-state index < -0.39 is 62.6 Å². The number of amides is 1. The van der Waals surface area contributed by atoms with Crippen LogP contribution in [0.5, 0.6) is 0 Å². The Morgan fingerprint density at radius 3 is 2.11 bits per heavy atom. The maximum Gasteiger partial charge on any atom is 0.306 e. The summed E-state index contributed by atoms with van der Waals surface area (Å²) in [5, 5.41) is 10.5. The molecular formula is C28H35Cl2NO6S. The highest BCUT2D eigenvalue weighted by Gasteiger charge is 2.51. The number of carboxylic acids is 1. The molecule has 38 heavy (non-hydrogen) atoms. The van der Waals surface area contributed by atoms with Crippen LogP contribution in [0.25, 0.3) is 0 Å². The van der Waals surface area contributed by atoms with Crippen LogP contribution in [0.15, 0.2) is 48.5 Å². The van der Waals surface area contributed by atoms with Gasteiger partial charge in [0, 0.05) is 10.0 Å². The Labute approximate surface area is 235 Å². The first kappa shape index (κ1) is 30.4. The van der Waals surface area contributed by atoms with Crippen molar-refractivity contribution in [3.63, 3.8) is 0 Å². The fourth-order valence-electron chi connectivity index (χ4n) is 4.55. The summed E-state index contributed by atoms with van der Waals surface area (Å²) >= 11 is 12.5. The van der Waals surface area contributed by atoms with E-state index in [1.807, 2.05) is 20.8 Å². The van der Waals surface area contributed by atoms with E-state index in [4.69, 9.17) is 27.9 Å². The molecule has 1 saturated heterocycles. The van der Waals surface area contributed by atoms with Crippen LogP contribution in [0.1, 0.15) is 71.2 Å². The number of sulfone groups is 1. The summed E-state index contributed by atoms with van der Waals surface area (Å²) < 4.78 is 32.2. The molecule has 1 N–H and O–H groups in total. The number of morpholine rings is 1. The topological polar surface area (TPSA) is 101 Å². The van der Waals surface area contributed by atoms with Gasteiger partial charge < -0.3 is 14.7 Å². The minimum Gasteiger partial charge on any atom is -0.481 e. The van der Waals surface area contributed by atoms with Crippen molar-refractivity contribution in [1.29, 1.82) is 0 Å². The zero-order valence-corrected chi connectivity index (χ0v) is 24.8. The third-order valence-corrected chi connectivity index (χ3v) is 9.93. The molecule has 1 aliphatic heterocycles. The van der Waals surface area contributed by atoms with E-state index in [-0.39, 0.29) is 5.75 Å². The monoisotopic (exact) mass is 583 g/mol. The molecular weight excluding hydrogens is 549 g/mol. The summed E-state index contributed by atoms with van der Waals surface area (Å²) in [6.45, 7) is 10.5. The van der Waals surface area contributed by atoms with E-state index in [1.165, 1.54) is 4.90 Å². The molecule has 208 valence electrons. The molecule has 10 heteroatoms. The van der Waals surface area contributed by atoms with Crippen molar-refractivity contribution in [3.8, 4) is 0 Å². The van der Waals surface area contributed by atoms with Gasteiger partial charge in [-0.15, -0.1) is 0 Å². The van der Waals surface area contributed by atoms with Crippen LogP contribution < -0.4 is 0 Å². The number of aliphatic carboxylic acids is 1. The van der Waals surface area contributed by atoms with Crippen molar-refractivity contribution in [3.05, 3.63) is 69.7 Å². The zero-order valence-electron chi connectivity index (χ0n) is 22.4. The molecule has 2 aromatic carbocycles. The van der Waals surface area contributed by atoms with Crippen molar-refractivity contribution in [2.75, 3.05) is 5.75 Å². The van der Waals surface area contributed by atoms with Gasteiger partial charge in [0.2, 0.25) is 0 Å². The van der Waals surface area contributed by atoms with Crippen LogP contribution in [-0.4, -0.2) is 52.9 Å². The van der Waals surface area contributed by atoms with Crippen LogP contribution in [0, 0.1) is 5.41 Å². The number of carbonyl (C=O) groups is 2. The molecule has 2 aromatic rings. The van der Waals surface area contributed by atoms with Gasteiger partial charge in [0.05, 0.1) is 29.0 Å². The lowest BCUT2D eigenvalue weighted by molar-refractivity contribution is -0.186. The van der Waals surface area contributed by atoms with Gasteiger partial charge in [-0.05, 0) is 61.6 Å². The Morgan fingerprint density at radius 2 is 1.61 bits per heavy atom. The average Bonchev–Trinajstić information content (AvgIpc) is 2.78. The standard InChI is InChI=1S/C28H35Cl2NO6S/c1-27(2,3)22(16-38(35,36)28(4,5)6)31-24(17-10-12-19(29)13-11-17)25(18-8-7-9-20(30)14-18)37-21(26(31)34)15-23(32)33/h7-14,21-22,24-25H,15-16H2,1-6H3,(H,32,33)/t21-,22?,24-,25-/m1/s1. The van der Waals surface area contributed by atoms with Crippen LogP contribution in [0.2, 0.25) is 10.0 Å². The van der Waals surface area contributed by atoms with Gasteiger partial charge in [-0.25, -0.2) is 8.42 Å². The highest BCUT2D eigenvalue weighted by atomic mass is 35.5.